The predicted octanol–water partition coefficient (Wildman–Crippen LogP) is 5.51. The average molecular weight is 396 g/mol. The highest BCUT2D eigenvalue weighted by Crippen LogP contribution is 2.13. The molecule has 0 aliphatic heterocycles. The van der Waals surface area contributed by atoms with E-state index in [4.69, 9.17) is 4.43 Å². The Kier molecular flexibility index (Phi) is 9.25. The third-order valence-electron chi connectivity index (χ3n) is 5.03. The van der Waals surface area contributed by atoms with Gasteiger partial charge in [0.2, 0.25) is 8.56 Å². The minimum absolute atomic E-state index is 0.167. The van der Waals surface area contributed by atoms with Gasteiger partial charge in [0.1, 0.15) is 7.59 Å². The molecule has 2 rings (SSSR count). The molecule has 3 heteroatoms. The van der Waals surface area contributed by atoms with Crippen molar-refractivity contribution in [3.8, 4) is 0 Å². The molecule has 0 unspecified atom stereocenters. The molecule has 145 valence electrons. The van der Waals surface area contributed by atoms with Crippen LogP contribution in [0.25, 0.3) is 0 Å². The monoisotopic (exact) mass is 395 g/mol. The van der Waals surface area contributed by atoms with Crippen molar-refractivity contribution in [2.24, 2.45) is 0 Å². The topological polar surface area (TPSA) is 9.23 Å². The summed E-state index contributed by atoms with van der Waals surface area (Å²) in [5.74, 6) is 0. The second-order valence-electron chi connectivity index (χ2n) is 7.79. The fourth-order valence-corrected chi connectivity index (χ4v) is 12.1. The summed E-state index contributed by atoms with van der Waals surface area (Å²) in [6.45, 7) is 9.39. The zero-order valence-electron chi connectivity index (χ0n) is 17.4. The molecule has 2 aromatic carbocycles. The summed E-state index contributed by atoms with van der Waals surface area (Å²) in [6.07, 6.45) is 11.2. The van der Waals surface area contributed by atoms with Gasteiger partial charge in [-0.25, -0.2) is 0 Å². The van der Waals surface area contributed by atoms with Crippen molar-refractivity contribution in [1.82, 2.24) is 0 Å². The summed E-state index contributed by atoms with van der Waals surface area (Å²) in [4.78, 5) is 0. The SMILES string of the molecule is CCCCCC/C=C/[C@@H](C)O[Si](c1ccccc1)[Si](C)(C)c1ccccc1. The number of rotatable bonds is 11. The normalized spacial score (nSPS) is 13.4. The molecule has 0 amide bonds. The molecule has 0 spiro atoms. The van der Waals surface area contributed by atoms with Gasteiger partial charge < -0.3 is 4.43 Å². The summed E-state index contributed by atoms with van der Waals surface area (Å²) >= 11 is 0. The molecule has 2 aromatic rings. The zero-order chi connectivity index (χ0) is 19.5. The van der Waals surface area contributed by atoms with Crippen LogP contribution in [0.3, 0.4) is 0 Å². The van der Waals surface area contributed by atoms with Gasteiger partial charge in [0.25, 0.3) is 0 Å². The van der Waals surface area contributed by atoms with E-state index in [-0.39, 0.29) is 6.10 Å². The molecule has 0 N–H and O–H groups in total. The summed E-state index contributed by atoms with van der Waals surface area (Å²) in [5, 5.41) is 2.88. The van der Waals surface area contributed by atoms with Crippen LogP contribution in [-0.2, 0) is 4.43 Å². The van der Waals surface area contributed by atoms with Gasteiger partial charge in [0.15, 0.2) is 0 Å². The average Bonchev–Trinajstić information content (AvgIpc) is 2.70. The summed E-state index contributed by atoms with van der Waals surface area (Å²) in [6, 6.07) is 21.9. The van der Waals surface area contributed by atoms with Crippen molar-refractivity contribution >= 4 is 26.5 Å². The van der Waals surface area contributed by atoms with Crippen LogP contribution in [0.4, 0.5) is 0 Å². The lowest BCUT2D eigenvalue weighted by molar-refractivity contribution is 0.284. The van der Waals surface area contributed by atoms with Crippen molar-refractivity contribution in [2.75, 3.05) is 0 Å². The number of allylic oxidation sites excluding steroid dienone is 1. The van der Waals surface area contributed by atoms with Gasteiger partial charge in [-0.2, -0.15) is 0 Å². The van der Waals surface area contributed by atoms with Crippen LogP contribution in [-0.4, -0.2) is 22.3 Å². The van der Waals surface area contributed by atoms with Crippen LogP contribution in [0.2, 0.25) is 13.1 Å². The Morgan fingerprint density at radius 3 is 2.19 bits per heavy atom. The van der Waals surface area contributed by atoms with Gasteiger partial charge in [-0.1, -0.05) is 117 Å². The summed E-state index contributed by atoms with van der Waals surface area (Å²) < 4.78 is 6.76. The van der Waals surface area contributed by atoms with E-state index in [0.717, 1.165) is 0 Å². The maximum absolute atomic E-state index is 6.76. The van der Waals surface area contributed by atoms with E-state index < -0.39 is 16.1 Å². The largest absolute Gasteiger partial charge is 0.408 e. The van der Waals surface area contributed by atoms with Crippen molar-refractivity contribution in [2.45, 2.75) is 65.1 Å². The highest BCUT2D eigenvalue weighted by molar-refractivity contribution is 7.39. The summed E-state index contributed by atoms with van der Waals surface area (Å²) in [7, 11) is -2.84. The fraction of sp³-hybridized carbons (Fsp3) is 0.417. The second-order valence-corrected chi connectivity index (χ2v) is 18.2. The molecule has 0 saturated heterocycles. The Hall–Kier alpha value is -1.43. The highest BCUT2D eigenvalue weighted by Gasteiger charge is 2.39. The van der Waals surface area contributed by atoms with Gasteiger partial charge in [-0.05, 0) is 25.0 Å². The van der Waals surface area contributed by atoms with Crippen LogP contribution in [0, 0.1) is 0 Å². The van der Waals surface area contributed by atoms with E-state index in [9.17, 15) is 0 Å². The van der Waals surface area contributed by atoms with Gasteiger partial charge >= 0.3 is 0 Å². The van der Waals surface area contributed by atoms with E-state index in [2.05, 4.69) is 99.8 Å². The first kappa shape index (κ1) is 21.9. The first-order valence-electron chi connectivity index (χ1n) is 10.4. The van der Waals surface area contributed by atoms with E-state index in [0.29, 0.717) is 0 Å². The number of benzene rings is 2. The van der Waals surface area contributed by atoms with Gasteiger partial charge in [0, 0.05) is 0 Å². The minimum atomic E-state index is -1.73. The quantitative estimate of drug-likeness (QED) is 0.277. The first-order chi connectivity index (χ1) is 13.1. The van der Waals surface area contributed by atoms with Crippen molar-refractivity contribution in [3.63, 3.8) is 0 Å². The lowest BCUT2D eigenvalue weighted by Gasteiger charge is -2.32. The maximum atomic E-state index is 6.76. The van der Waals surface area contributed by atoms with Gasteiger partial charge in [-0.15, -0.1) is 0 Å². The number of hydrogen-bond acceptors (Lipinski definition) is 1. The molecular weight excluding hydrogens is 360 g/mol. The lowest BCUT2D eigenvalue weighted by atomic mass is 10.1. The molecule has 0 saturated carbocycles. The highest BCUT2D eigenvalue weighted by atomic mass is 29.2. The van der Waals surface area contributed by atoms with Crippen LogP contribution in [0.1, 0.15) is 46.0 Å². The molecule has 0 fully saturated rings. The lowest BCUT2D eigenvalue weighted by Crippen LogP contribution is -2.63. The second kappa shape index (κ2) is 11.4. The number of hydrogen-bond donors (Lipinski definition) is 0. The summed E-state index contributed by atoms with van der Waals surface area (Å²) in [5.41, 5.74) is 0. The van der Waals surface area contributed by atoms with Crippen LogP contribution in [0.5, 0.6) is 0 Å². The molecule has 27 heavy (non-hydrogen) atoms. The van der Waals surface area contributed by atoms with Crippen molar-refractivity contribution in [1.29, 1.82) is 0 Å². The maximum Gasteiger partial charge on any atom is 0.236 e. The molecule has 0 aliphatic carbocycles. The molecule has 0 aromatic heterocycles. The Labute approximate surface area is 169 Å². The van der Waals surface area contributed by atoms with E-state index in [1.165, 1.54) is 42.5 Å². The van der Waals surface area contributed by atoms with E-state index in [1.807, 2.05) is 0 Å². The van der Waals surface area contributed by atoms with Gasteiger partial charge in [-0.3, -0.25) is 0 Å². The minimum Gasteiger partial charge on any atom is -0.408 e. The molecule has 1 nitrogen and oxygen atoms in total. The van der Waals surface area contributed by atoms with Crippen LogP contribution < -0.4 is 10.4 Å². The molecule has 1 atom stereocenters. The Morgan fingerprint density at radius 2 is 1.56 bits per heavy atom. The van der Waals surface area contributed by atoms with Crippen LogP contribution >= 0.6 is 0 Å². The Balaban J connectivity index is 2.11. The van der Waals surface area contributed by atoms with Crippen molar-refractivity contribution in [3.05, 3.63) is 72.8 Å². The van der Waals surface area contributed by atoms with Crippen LogP contribution in [0.15, 0.2) is 72.8 Å². The fourth-order valence-electron chi connectivity index (χ4n) is 3.35. The third kappa shape index (κ3) is 6.91. The Morgan fingerprint density at radius 1 is 0.926 bits per heavy atom. The standard InChI is InChI=1S/C24H35OSi2/c1-5-6-7-8-9-12-17-22(2)25-26(23-18-13-10-14-19-23)27(3,4)24-20-15-11-16-21-24/h10-22H,5-9H2,1-4H3/b17-12+/t22-/m1/s1. The van der Waals surface area contributed by atoms with Gasteiger partial charge in [0.05, 0.1) is 6.10 Å². The van der Waals surface area contributed by atoms with E-state index in [1.54, 1.807) is 0 Å². The molecular formula is C24H35OSi2. The van der Waals surface area contributed by atoms with Crippen molar-refractivity contribution < 1.29 is 4.43 Å². The molecule has 1 radical (unpaired) electrons. The molecule has 0 bridgehead atoms. The predicted molar refractivity (Wildman–Crippen MR) is 124 cm³/mol. The molecule has 0 aliphatic rings. The van der Waals surface area contributed by atoms with E-state index >= 15 is 0 Å². The smallest absolute Gasteiger partial charge is 0.236 e. The Bertz CT molecular complexity index is 667. The third-order valence-corrected chi connectivity index (χ3v) is 14.9. The zero-order valence-corrected chi connectivity index (χ0v) is 19.4. The number of unbranched alkanes of at least 4 members (excludes halogenated alkanes) is 4. The first-order valence-corrected chi connectivity index (χ1v) is 15.8. The molecule has 0 heterocycles.